The van der Waals surface area contributed by atoms with Gasteiger partial charge in [0.25, 0.3) is 0 Å². The molecule has 34 heavy (non-hydrogen) atoms. The van der Waals surface area contributed by atoms with E-state index >= 15 is 0 Å². The third-order valence-corrected chi connectivity index (χ3v) is 8.91. The number of rotatable bonds is 11. The maximum atomic E-state index is 4.78. The lowest BCUT2D eigenvalue weighted by molar-refractivity contribution is 0.302. The molecule has 0 unspecified atom stereocenters. The van der Waals surface area contributed by atoms with Crippen LogP contribution in [-0.4, -0.2) is 9.97 Å². The summed E-state index contributed by atoms with van der Waals surface area (Å²) in [5.41, 5.74) is 4.02. The van der Waals surface area contributed by atoms with Crippen molar-refractivity contribution >= 4 is 0 Å². The first-order valence-electron chi connectivity index (χ1n) is 14.7. The monoisotopic (exact) mass is 460 g/mol. The maximum absolute atomic E-state index is 4.78. The number of benzene rings is 1. The Morgan fingerprint density at radius 2 is 1.12 bits per heavy atom. The standard InChI is InChI=1S/C32H48N2/c1-3-5-7-8-10-26-11-15-27(16-12-26)28-19-21-30(22-20-28)32-33-23-31(24-34-32)29-17-13-25(14-18-29)9-6-4-2/h19-27,29H,3-18H2,1-2H3/t25-,26-,27-,29-. The van der Waals surface area contributed by atoms with Gasteiger partial charge in [-0.15, -0.1) is 0 Å². The number of unbranched alkanes of at least 4 members (excludes halogenated alkanes) is 4. The van der Waals surface area contributed by atoms with E-state index in [4.69, 9.17) is 9.97 Å². The van der Waals surface area contributed by atoms with Crippen molar-refractivity contribution in [3.05, 3.63) is 47.8 Å². The highest BCUT2D eigenvalue weighted by Gasteiger charge is 2.23. The summed E-state index contributed by atoms with van der Waals surface area (Å²) in [6.45, 7) is 4.61. The molecule has 2 aromatic rings. The van der Waals surface area contributed by atoms with E-state index < -0.39 is 0 Å². The molecule has 0 radical (unpaired) electrons. The van der Waals surface area contributed by atoms with Crippen molar-refractivity contribution in [2.75, 3.05) is 0 Å². The molecule has 0 aliphatic heterocycles. The summed E-state index contributed by atoms with van der Waals surface area (Å²) in [6.07, 6.45) is 26.4. The number of hydrogen-bond donors (Lipinski definition) is 0. The van der Waals surface area contributed by atoms with Crippen molar-refractivity contribution in [2.45, 2.75) is 128 Å². The number of nitrogens with zero attached hydrogens (tertiary/aromatic N) is 2. The predicted octanol–water partition coefficient (Wildman–Crippen LogP) is 9.85. The molecule has 0 atom stereocenters. The van der Waals surface area contributed by atoms with Gasteiger partial charge in [-0.3, -0.25) is 0 Å². The minimum absolute atomic E-state index is 0.663. The molecule has 0 bridgehead atoms. The third-order valence-electron chi connectivity index (χ3n) is 8.91. The third kappa shape index (κ3) is 7.15. The zero-order valence-corrected chi connectivity index (χ0v) is 22.0. The lowest BCUT2D eigenvalue weighted by atomic mass is 9.77. The van der Waals surface area contributed by atoms with Gasteiger partial charge in [-0.2, -0.15) is 0 Å². The van der Waals surface area contributed by atoms with Crippen LogP contribution in [-0.2, 0) is 0 Å². The summed E-state index contributed by atoms with van der Waals surface area (Å²) in [5, 5.41) is 0. The molecule has 1 aromatic heterocycles. The molecule has 0 N–H and O–H groups in total. The fraction of sp³-hybridized carbons (Fsp3) is 0.688. The molecular formula is C32H48N2. The van der Waals surface area contributed by atoms with Crippen LogP contribution in [0.15, 0.2) is 36.7 Å². The molecule has 2 aliphatic carbocycles. The van der Waals surface area contributed by atoms with Crippen LogP contribution >= 0.6 is 0 Å². The molecule has 0 amide bonds. The molecule has 2 saturated carbocycles. The second-order valence-corrected chi connectivity index (χ2v) is 11.4. The molecule has 1 aromatic carbocycles. The summed E-state index contributed by atoms with van der Waals surface area (Å²) >= 11 is 0. The van der Waals surface area contributed by atoms with E-state index in [1.165, 1.54) is 114 Å². The number of hydrogen-bond acceptors (Lipinski definition) is 2. The van der Waals surface area contributed by atoms with Crippen molar-refractivity contribution in [1.82, 2.24) is 9.97 Å². The molecule has 2 nitrogen and oxygen atoms in total. The molecule has 2 heteroatoms. The SMILES string of the molecule is CCCCCC[C@H]1CC[C@H](c2ccc(-c3ncc([C@H]4CC[C@H](CCCC)CC4)cn3)cc2)CC1. The molecule has 1 heterocycles. The Balaban J connectivity index is 1.25. The average Bonchev–Trinajstić information content (AvgIpc) is 2.91. The molecule has 4 rings (SSSR count). The van der Waals surface area contributed by atoms with Crippen LogP contribution in [0.3, 0.4) is 0 Å². The van der Waals surface area contributed by atoms with Crippen molar-refractivity contribution in [3.8, 4) is 11.4 Å². The van der Waals surface area contributed by atoms with E-state index in [-0.39, 0.29) is 0 Å². The van der Waals surface area contributed by atoms with Crippen molar-refractivity contribution in [3.63, 3.8) is 0 Å². The van der Waals surface area contributed by atoms with Crippen LogP contribution in [0.2, 0.25) is 0 Å². The van der Waals surface area contributed by atoms with E-state index in [0.29, 0.717) is 5.92 Å². The van der Waals surface area contributed by atoms with Gasteiger partial charge >= 0.3 is 0 Å². The van der Waals surface area contributed by atoms with Gasteiger partial charge in [0.1, 0.15) is 0 Å². The molecule has 0 saturated heterocycles. The minimum atomic E-state index is 0.663. The lowest BCUT2D eigenvalue weighted by Crippen LogP contribution is -2.14. The first kappa shape index (κ1) is 25.4. The van der Waals surface area contributed by atoms with E-state index in [0.717, 1.165) is 29.1 Å². The van der Waals surface area contributed by atoms with Gasteiger partial charge in [0.15, 0.2) is 5.82 Å². The fourth-order valence-corrected chi connectivity index (χ4v) is 6.52. The molecule has 186 valence electrons. The Morgan fingerprint density at radius 3 is 1.68 bits per heavy atom. The summed E-state index contributed by atoms with van der Waals surface area (Å²) in [7, 11) is 0. The Hall–Kier alpha value is -1.70. The van der Waals surface area contributed by atoms with E-state index in [1.807, 2.05) is 0 Å². The van der Waals surface area contributed by atoms with E-state index in [2.05, 4.69) is 50.5 Å². The second-order valence-electron chi connectivity index (χ2n) is 11.4. The zero-order valence-electron chi connectivity index (χ0n) is 22.0. The van der Waals surface area contributed by atoms with Crippen molar-refractivity contribution in [1.29, 1.82) is 0 Å². The Labute approximate surface area is 209 Å². The zero-order chi connectivity index (χ0) is 23.6. The highest BCUT2D eigenvalue weighted by atomic mass is 14.9. The summed E-state index contributed by atoms with van der Waals surface area (Å²) in [4.78, 5) is 9.55. The fourth-order valence-electron chi connectivity index (χ4n) is 6.52. The Morgan fingerprint density at radius 1 is 0.588 bits per heavy atom. The van der Waals surface area contributed by atoms with Crippen LogP contribution in [0.1, 0.15) is 140 Å². The predicted molar refractivity (Wildman–Crippen MR) is 145 cm³/mol. The lowest BCUT2D eigenvalue weighted by Gasteiger charge is -2.29. The highest BCUT2D eigenvalue weighted by molar-refractivity contribution is 5.55. The molecule has 2 fully saturated rings. The van der Waals surface area contributed by atoms with Crippen LogP contribution in [0.5, 0.6) is 0 Å². The van der Waals surface area contributed by atoms with Gasteiger partial charge in [0.05, 0.1) is 0 Å². The summed E-state index contributed by atoms with van der Waals surface area (Å²) < 4.78 is 0. The molecular weight excluding hydrogens is 412 g/mol. The van der Waals surface area contributed by atoms with Gasteiger partial charge in [-0.05, 0) is 86.2 Å². The van der Waals surface area contributed by atoms with Crippen LogP contribution in [0.25, 0.3) is 11.4 Å². The minimum Gasteiger partial charge on any atom is -0.236 e. The van der Waals surface area contributed by atoms with Crippen molar-refractivity contribution < 1.29 is 0 Å². The summed E-state index contributed by atoms with van der Waals surface area (Å²) in [6, 6.07) is 9.19. The summed E-state index contributed by atoms with van der Waals surface area (Å²) in [5.74, 6) is 4.22. The van der Waals surface area contributed by atoms with Crippen LogP contribution in [0.4, 0.5) is 0 Å². The quantitative estimate of drug-likeness (QED) is 0.312. The van der Waals surface area contributed by atoms with E-state index in [9.17, 15) is 0 Å². The smallest absolute Gasteiger partial charge is 0.159 e. The first-order valence-corrected chi connectivity index (χ1v) is 14.7. The van der Waals surface area contributed by atoms with Gasteiger partial charge < -0.3 is 0 Å². The maximum Gasteiger partial charge on any atom is 0.159 e. The Kier molecular flexibility index (Phi) is 10.0. The van der Waals surface area contributed by atoms with Gasteiger partial charge in [-0.1, -0.05) is 89.5 Å². The van der Waals surface area contributed by atoms with Gasteiger partial charge in [0, 0.05) is 18.0 Å². The second kappa shape index (κ2) is 13.4. The largest absolute Gasteiger partial charge is 0.236 e. The Bertz CT molecular complexity index is 809. The molecule has 0 spiro atoms. The highest BCUT2D eigenvalue weighted by Crippen LogP contribution is 2.39. The van der Waals surface area contributed by atoms with Gasteiger partial charge in [-0.25, -0.2) is 9.97 Å². The molecule has 2 aliphatic rings. The first-order chi connectivity index (χ1) is 16.8. The van der Waals surface area contributed by atoms with Crippen molar-refractivity contribution in [2.24, 2.45) is 11.8 Å². The topological polar surface area (TPSA) is 25.8 Å². The van der Waals surface area contributed by atoms with Crippen LogP contribution in [0, 0.1) is 11.8 Å². The average molecular weight is 461 g/mol. The van der Waals surface area contributed by atoms with Gasteiger partial charge in [0.2, 0.25) is 0 Å². The van der Waals surface area contributed by atoms with Crippen LogP contribution < -0.4 is 0 Å². The number of aromatic nitrogens is 2. The van der Waals surface area contributed by atoms with E-state index in [1.54, 1.807) is 0 Å². The normalized spacial score (nSPS) is 25.4.